The monoisotopic (exact) mass is 398 g/mol. The second-order valence-electron chi connectivity index (χ2n) is 6.48. The Labute approximate surface area is 170 Å². The average molecular weight is 398 g/mol. The molecule has 1 atom stereocenters. The summed E-state index contributed by atoms with van der Waals surface area (Å²) in [6, 6.07) is 14.4. The van der Waals surface area contributed by atoms with Crippen LogP contribution in [0, 0.1) is 6.92 Å². The van der Waals surface area contributed by atoms with E-state index in [0.717, 1.165) is 11.1 Å². The second kappa shape index (κ2) is 10.8. The van der Waals surface area contributed by atoms with E-state index >= 15 is 0 Å². The van der Waals surface area contributed by atoms with E-state index in [9.17, 15) is 14.4 Å². The number of aryl methyl sites for hydroxylation is 1. The Balaban J connectivity index is 1.78. The van der Waals surface area contributed by atoms with Gasteiger partial charge >= 0.3 is 5.97 Å². The predicted molar refractivity (Wildman–Crippen MR) is 109 cm³/mol. The third-order valence-electron chi connectivity index (χ3n) is 4.33. The second-order valence-corrected chi connectivity index (χ2v) is 6.48. The van der Waals surface area contributed by atoms with Crippen molar-refractivity contribution in [1.29, 1.82) is 0 Å². The topological polar surface area (TPSA) is 93.7 Å². The minimum absolute atomic E-state index is 0.160. The van der Waals surface area contributed by atoms with E-state index in [0.29, 0.717) is 17.7 Å². The molecular formula is C22H26N2O5. The van der Waals surface area contributed by atoms with Gasteiger partial charge in [-0.25, -0.2) is 0 Å². The molecular weight excluding hydrogens is 372 g/mol. The van der Waals surface area contributed by atoms with Crippen molar-refractivity contribution in [2.24, 2.45) is 0 Å². The Bertz CT molecular complexity index is 849. The molecule has 29 heavy (non-hydrogen) atoms. The molecule has 2 rings (SSSR count). The Morgan fingerprint density at radius 3 is 2.38 bits per heavy atom. The summed E-state index contributed by atoms with van der Waals surface area (Å²) >= 11 is 0. The highest BCUT2D eigenvalue weighted by molar-refractivity contribution is 5.98. The van der Waals surface area contributed by atoms with Crippen LogP contribution in [-0.4, -0.2) is 38.0 Å². The van der Waals surface area contributed by atoms with Crippen molar-refractivity contribution < 1.29 is 23.9 Å². The minimum atomic E-state index is -0.702. The first kappa shape index (κ1) is 21.9. The predicted octanol–water partition coefficient (Wildman–Crippen LogP) is 2.54. The normalized spacial score (nSPS) is 11.3. The van der Waals surface area contributed by atoms with Gasteiger partial charge in [0.2, 0.25) is 0 Å². The number of nitrogens with one attached hydrogen (secondary N) is 2. The van der Waals surface area contributed by atoms with Crippen molar-refractivity contribution in [3.63, 3.8) is 0 Å². The molecule has 154 valence electrons. The Morgan fingerprint density at radius 2 is 1.72 bits per heavy atom. The maximum Gasteiger partial charge on any atom is 0.325 e. The maximum absolute atomic E-state index is 12.2. The van der Waals surface area contributed by atoms with E-state index < -0.39 is 24.4 Å². The molecule has 0 aliphatic rings. The van der Waals surface area contributed by atoms with Crippen LogP contribution in [0.15, 0.2) is 48.5 Å². The van der Waals surface area contributed by atoms with Gasteiger partial charge in [-0.1, -0.05) is 48.9 Å². The van der Waals surface area contributed by atoms with Crippen molar-refractivity contribution in [3.8, 4) is 5.75 Å². The van der Waals surface area contributed by atoms with Crippen LogP contribution in [-0.2, 0) is 14.3 Å². The highest BCUT2D eigenvalue weighted by atomic mass is 16.5. The van der Waals surface area contributed by atoms with Gasteiger partial charge in [0, 0.05) is 0 Å². The summed E-state index contributed by atoms with van der Waals surface area (Å²) in [5, 5.41) is 5.30. The highest BCUT2D eigenvalue weighted by Gasteiger charge is 2.16. The molecule has 2 aromatic carbocycles. The first-order valence-electron chi connectivity index (χ1n) is 9.37. The number of carbonyl (C=O) groups is 3. The van der Waals surface area contributed by atoms with E-state index in [1.807, 2.05) is 38.1 Å². The van der Waals surface area contributed by atoms with E-state index in [2.05, 4.69) is 10.6 Å². The van der Waals surface area contributed by atoms with Crippen molar-refractivity contribution in [1.82, 2.24) is 10.6 Å². The fourth-order valence-electron chi connectivity index (χ4n) is 2.73. The van der Waals surface area contributed by atoms with Crippen LogP contribution in [0.4, 0.5) is 0 Å². The number of rotatable bonds is 9. The van der Waals surface area contributed by atoms with Crippen LogP contribution in [0.25, 0.3) is 0 Å². The Morgan fingerprint density at radius 1 is 1.03 bits per heavy atom. The molecule has 0 saturated carbocycles. The lowest BCUT2D eigenvalue weighted by molar-refractivity contribution is -0.147. The third-order valence-corrected chi connectivity index (χ3v) is 4.33. The summed E-state index contributed by atoms with van der Waals surface area (Å²) in [4.78, 5) is 36.1. The van der Waals surface area contributed by atoms with Gasteiger partial charge in [-0.3, -0.25) is 14.4 Å². The number of amides is 2. The molecule has 0 aromatic heterocycles. The Hall–Kier alpha value is -3.35. The Kier molecular flexibility index (Phi) is 8.21. The zero-order valence-corrected chi connectivity index (χ0v) is 16.9. The molecule has 0 radical (unpaired) electrons. The summed E-state index contributed by atoms with van der Waals surface area (Å²) in [6.07, 6.45) is 0.706. The number of hydrogen-bond donors (Lipinski definition) is 2. The molecule has 0 saturated heterocycles. The maximum atomic E-state index is 12.2. The average Bonchev–Trinajstić information content (AvgIpc) is 2.74. The van der Waals surface area contributed by atoms with Crippen molar-refractivity contribution >= 4 is 17.8 Å². The first-order valence-corrected chi connectivity index (χ1v) is 9.37. The third kappa shape index (κ3) is 6.64. The van der Waals surface area contributed by atoms with Gasteiger partial charge in [0.25, 0.3) is 11.8 Å². The molecule has 2 aromatic rings. The summed E-state index contributed by atoms with van der Waals surface area (Å²) in [6.45, 7) is 3.20. The van der Waals surface area contributed by atoms with Gasteiger partial charge in [0.05, 0.1) is 18.7 Å². The summed E-state index contributed by atoms with van der Waals surface area (Å²) in [7, 11) is 1.46. The molecule has 0 unspecified atom stereocenters. The van der Waals surface area contributed by atoms with Gasteiger partial charge in [-0.05, 0) is 31.0 Å². The molecule has 2 amide bonds. The lowest BCUT2D eigenvalue weighted by Gasteiger charge is -2.17. The van der Waals surface area contributed by atoms with E-state index in [1.165, 1.54) is 7.11 Å². The molecule has 0 bridgehead atoms. The molecule has 7 nitrogen and oxygen atoms in total. The standard InChI is InChI=1S/C22H26N2O5/c1-4-18(16-11-9-15(2)10-12-16)24-20(25)14-29-21(26)13-23-22(27)17-7-5-6-8-19(17)28-3/h5-12,18H,4,13-14H2,1-3H3,(H,23,27)(H,24,25)/t18-/m0/s1. The first-order chi connectivity index (χ1) is 13.9. The van der Waals surface area contributed by atoms with Gasteiger partial charge in [-0.15, -0.1) is 0 Å². The van der Waals surface area contributed by atoms with Gasteiger partial charge in [-0.2, -0.15) is 0 Å². The fourth-order valence-corrected chi connectivity index (χ4v) is 2.73. The molecule has 0 aliphatic carbocycles. The number of methoxy groups -OCH3 is 1. The lowest BCUT2D eigenvalue weighted by atomic mass is 10.0. The molecule has 0 aliphatic heterocycles. The minimum Gasteiger partial charge on any atom is -0.496 e. The highest BCUT2D eigenvalue weighted by Crippen LogP contribution is 2.17. The van der Waals surface area contributed by atoms with Crippen LogP contribution in [0.3, 0.4) is 0 Å². The molecule has 0 spiro atoms. The van der Waals surface area contributed by atoms with Gasteiger partial charge in [0.15, 0.2) is 6.61 Å². The van der Waals surface area contributed by atoms with Crippen LogP contribution in [0.2, 0.25) is 0 Å². The summed E-state index contributed by atoms with van der Waals surface area (Å²) in [5.74, 6) is -1.16. The van der Waals surface area contributed by atoms with Gasteiger partial charge < -0.3 is 20.1 Å². The van der Waals surface area contributed by atoms with E-state index in [-0.39, 0.29) is 12.6 Å². The summed E-state index contributed by atoms with van der Waals surface area (Å²) in [5.41, 5.74) is 2.44. The van der Waals surface area contributed by atoms with Crippen molar-refractivity contribution in [3.05, 3.63) is 65.2 Å². The zero-order chi connectivity index (χ0) is 21.2. The number of para-hydroxylation sites is 1. The molecule has 0 fully saturated rings. The number of esters is 1. The van der Waals surface area contributed by atoms with Crippen LogP contribution in [0.1, 0.15) is 40.9 Å². The van der Waals surface area contributed by atoms with Crippen LogP contribution in [0.5, 0.6) is 5.75 Å². The van der Waals surface area contributed by atoms with Gasteiger partial charge in [0.1, 0.15) is 12.3 Å². The number of hydrogen-bond acceptors (Lipinski definition) is 5. The fraction of sp³-hybridized carbons (Fsp3) is 0.318. The van der Waals surface area contributed by atoms with Crippen LogP contribution < -0.4 is 15.4 Å². The number of benzene rings is 2. The quantitative estimate of drug-likeness (QED) is 0.633. The van der Waals surface area contributed by atoms with Crippen molar-refractivity contribution in [2.45, 2.75) is 26.3 Å². The largest absolute Gasteiger partial charge is 0.496 e. The van der Waals surface area contributed by atoms with Crippen LogP contribution >= 0.6 is 0 Å². The summed E-state index contributed by atoms with van der Waals surface area (Å²) < 4.78 is 10.1. The lowest BCUT2D eigenvalue weighted by Crippen LogP contribution is -2.35. The SMILES string of the molecule is CC[C@H](NC(=O)COC(=O)CNC(=O)c1ccccc1OC)c1ccc(C)cc1. The number of carbonyl (C=O) groups excluding carboxylic acids is 3. The van der Waals surface area contributed by atoms with E-state index in [1.54, 1.807) is 24.3 Å². The number of ether oxygens (including phenoxy) is 2. The molecule has 7 heteroatoms. The van der Waals surface area contributed by atoms with Crippen molar-refractivity contribution in [2.75, 3.05) is 20.3 Å². The molecule has 0 heterocycles. The van der Waals surface area contributed by atoms with E-state index in [4.69, 9.17) is 9.47 Å². The molecule has 2 N–H and O–H groups in total. The smallest absolute Gasteiger partial charge is 0.325 e. The zero-order valence-electron chi connectivity index (χ0n) is 16.9.